The maximum atomic E-state index is 9.75. The summed E-state index contributed by atoms with van der Waals surface area (Å²) in [6, 6.07) is 17.5. The predicted molar refractivity (Wildman–Crippen MR) is 80.4 cm³/mol. The zero-order chi connectivity index (χ0) is 13.6. The third kappa shape index (κ3) is 1.74. The molecule has 1 N–H and O–H groups in total. The summed E-state index contributed by atoms with van der Waals surface area (Å²) in [7, 11) is 0. The van der Waals surface area contributed by atoms with Crippen molar-refractivity contribution in [3.8, 4) is 0 Å². The Kier molecular flexibility index (Phi) is 2.88. The maximum absolute atomic E-state index is 9.75. The molecule has 0 radical (unpaired) electrons. The fourth-order valence-electron chi connectivity index (χ4n) is 3.58. The second-order valence-corrected chi connectivity index (χ2v) is 6.71. The molecule has 0 atom stereocenters. The van der Waals surface area contributed by atoms with Crippen molar-refractivity contribution in [3.63, 3.8) is 0 Å². The number of hydrogen-bond donors (Lipinski definition) is 1. The van der Waals surface area contributed by atoms with Crippen LogP contribution in [0.4, 0.5) is 0 Å². The molecular formula is C17H17NOS. The molecule has 0 amide bonds. The third-order valence-corrected chi connectivity index (χ3v) is 5.77. The molecule has 2 aromatic rings. The maximum Gasteiger partial charge on any atom is 0.0251 e. The first kappa shape index (κ1) is 12.5. The van der Waals surface area contributed by atoms with Crippen LogP contribution in [-0.2, 0) is 5.41 Å². The van der Waals surface area contributed by atoms with Crippen molar-refractivity contribution in [2.75, 3.05) is 13.1 Å². The Morgan fingerprint density at radius 2 is 1.35 bits per heavy atom. The van der Waals surface area contributed by atoms with Crippen LogP contribution in [0.3, 0.4) is 0 Å². The summed E-state index contributed by atoms with van der Waals surface area (Å²) in [5.74, 6) is 0. The van der Waals surface area contributed by atoms with E-state index in [1.54, 1.807) is 0 Å². The van der Waals surface area contributed by atoms with Crippen LogP contribution < -0.4 is 0 Å². The summed E-state index contributed by atoms with van der Waals surface area (Å²) in [5.41, 5.74) is 2.96. The Balaban J connectivity index is 1.93. The molecule has 0 saturated carbocycles. The third-order valence-electron chi connectivity index (χ3n) is 4.62. The summed E-state index contributed by atoms with van der Waals surface area (Å²) in [5, 5.41) is 11.2. The second kappa shape index (κ2) is 4.62. The topological polar surface area (TPSA) is 23.5 Å². The highest BCUT2D eigenvalue weighted by molar-refractivity contribution is 7.99. The molecule has 0 aliphatic carbocycles. The number of hydroxylamine groups is 2. The standard InChI is InChI=1S/C17H17NOS/c19-18-11-9-17(10-12-18)13-5-1-3-7-15(13)20-16-8-4-2-6-14(16)17/h1-8,19H,9-12H2. The molecule has 1 saturated heterocycles. The van der Waals surface area contributed by atoms with Crippen LogP contribution in [0, 0.1) is 0 Å². The largest absolute Gasteiger partial charge is 0.314 e. The molecule has 2 aliphatic heterocycles. The van der Waals surface area contributed by atoms with Crippen molar-refractivity contribution in [1.29, 1.82) is 0 Å². The highest BCUT2D eigenvalue weighted by atomic mass is 32.2. The number of hydrogen-bond acceptors (Lipinski definition) is 3. The molecule has 2 aromatic carbocycles. The molecular weight excluding hydrogens is 266 g/mol. The Hall–Kier alpha value is -1.29. The first-order valence-electron chi connectivity index (χ1n) is 7.10. The van der Waals surface area contributed by atoms with E-state index in [9.17, 15) is 5.21 Å². The first-order valence-corrected chi connectivity index (χ1v) is 7.92. The number of benzene rings is 2. The van der Waals surface area contributed by atoms with E-state index in [4.69, 9.17) is 0 Å². The molecule has 2 heterocycles. The van der Waals surface area contributed by atoms with Gasteiger partial charge in [-0.15, -0.1) is 0 Å². The monoisotopic (exact) mass is 283 g/mol. The molecule has 2 nitrogen and oxygen atoms in total. The van der Waals surface area contributed by atoms with Gasteiger partial charge in [-0.05, 0) is 36.1 Å². The van der Waals surface area contributed by atoms with Crippen molar-refractivity contribution in [2.24, 2.45) is 0 Å². The molecule has 1 fully saturated rings. The summed E-state index contributed by atoms with van der Waals surface area (Å²) in [4.78, 5) is 2.75. The number of piperidine rings is 1. The Morgan fingerprint density at radius 1 is 0.850 bits per heavy atom. The first-order chi connectivity index (χ1) is 9.79. The van der Waals surface area contributed by atoms with Crippen LogP contribution in [0.1, 0.15) is 24.0 Å². The molecule has 0 unspecified atom stereocenters. The molecule has 3 heteroatoms. The fourth-order valence-corrected chi connectivity index (χ4v) is 4.86. The quantitative estimate of drug-likeness (QED) is 0.792. The lowest BCUT2D eigenvalue weighted by Crippen LogP contribution is -2.43. The van der Waals surface area contributed by atoms with Gasteiger partial charge in [0.2, 0.25) is 0 Å². The Labute approximate surface area is 123 Å². The lowest BCUT2D eigenvalue weighted by Gasteiger charge is -2.44. The summed E-state index contributed by atoms with van der Waals surface area (Å²) in [6.07, 6.45) is 1.97. The fraction of sp³-hybridized carbons (Fsp3) is 0.294. The second-order valence-electron chi connectivity index (χ2n) is 5.63. The van der Waals surface area contributed by atoms with E-state index in [1.807, 2.05) is 11.8 Å². The van der Waals surface area contributed by atoms with E-state index < -0.39 is 0 Å². The number of fused-ring (bicyclic) bond motifs is 4. The smallest absolute Gasteiger partial charge is 0.0251 e. The van der Waals surface area contributed by atoms with Crippen molar-refractivity contribution < 1.29 is 5.21 Å². The van der Waals surface area contributed by atoms with Gasteiger partial charge in [-0.3, -0.25) is 0 Å². The lowest BCUT2D eigenvalue weighted by atomic mass is 9.68. The zero-order valence-electron chi connectivity index (χ0n) is 11.2. The van der Waals surface area contributed by atoms with Gasteiger partial charge < -0.3 is 5.21 Å². The minimum absolute atomic E-state index is 0.0810. The van der Waals surface area contributed by atoms with Crippen LogP contribution in [0.5, 0.6) is 0 Å². The van der Waals surface area contributed by atoms with Gasteiger partial charge in [0.1, 0.15) is 0 Å². The predicted octanol–water partition coefficient (Wildman–Crippen LogP) is 3.92. The molecule has 1 spiro atoms. The van der Waals surface area contributed by atoms with Crippen LogP contribution >= 0.6 is 11.8 Å². The molecule has 102 valence electrons. The average Bonchev–Trinajstić information content (AvgIpc) is 2.50. The molecule has 4 rings (SSSR count). The van der Waals surface area contributed by atoms with E-state index >= 15 is 0 Å². The van der Waals surface area contributed by atoms with Gasteiger partial charge in [0, 0.05) is 28.3 Å². The molecule has 20 heavy (non-hydrogen) atoms. The van der Waals surface area contributed by atoms with E-state index in [2.05, 4.69) is 48.5 Å². The minimum Gasteiger partial charge on any atom is -0.314 e. The van der Waals surface area contributed by atoms with Gasteiger partial charge in [-0.1, -0.05) is 48.2 Å². The SMILES string of the molecule is ON1CCC2(CC1)c1ccccc1Sc1ccccc12. The molecule has 0 aromatic heterocycles. The van der Waals surface area contributed by atoms with Crippen molar-refractivity contribution >= 4 is 11.8 Å². The highest BCUT2D eigenvalue weighted by Crippen LogP contribution is 2.53. The van der Waals surface area contributed by atoms with Crippen molar-refractivity contribution in [3.05, 3.63) is 59.7 Å². The highest BCUT2D eigenvalue weighted by Gasteiger charge is 2.42. The van der Waals surface area contributed by atoms with Gasteiger partial charge in [-0.2, -0.15) is 5.06 Å². The number of rotatable bonds is 0. The van der Waals surface area contributed by atoms with Gasteiger partial charge in [-0.25, -0.2) is 0 Å². The van der Waals surface area contributed by atoms with Crippen molar-refractivity contribution in [1.82, 2.24) is 5.06 Å². The molecule has 2 aliphatic rings. The Morgan fingerprint density at radius 3 is 1.90 bits per heavy atom. The van der Waals surface area contributed by atoms with Gasteiger partial charge in [0.25, 0.3) is 0 Å². The lowest BCUT2D eigenvalue weighted by molar-refractivity contribution is -0.113. The van der Waals surface area contributed by atoms with Crippen molar-refractivity contribution in [2.45, 2.75) is 28.0 Å². The van der Waals surface area contributed by atoms with Gasteiger partial charge >= 0.3 is 0 Å². The molecule has 0 bridgehead atoms. The zero-order valence-corrected chi connectivity index (χ0v) is 12.1. The Bertz CT molecular complexity index is 599. The normalized spacial score (nSPS) is 20.4. The van der Waals surface area contributed by atoms with Crippen LogP contribution in [0.15, 0.2) is 58.3 Å². The van der Waals surface area contributed by atoms with Crippen LogP contribution in [0.2, 0.25) is 0 Å². The van der Waals surface area contributed by atoms with Crippen LogP contribution in [-0.4, -0.2) is 23.4 Å². The van der Waals surface area contributed by atoms with E-state index in [-0.39, 0.29) is 5.41 Å². The van der Waals surface area contributed by atoms with Gasteiger partial charge in [0.05, 0.1) is 0 Å². The van der Waals surface area contributed by atoms with E-state index in [0.717, 1.165) is 25.9 Å². The van der Waals surface area contributed by atoms with Gasteiger partial charge in [0.15, 0.2) is 0 Å². The summed E-state index contributed by atoms with van der Waals surface area (Å²) >= 11 is 1.87. The van der Waals surface area contributed by atoms with E-state index in [1.165, 1.54) is 26.0 Å². The average molecular weight is 283 g/mol. The summed E-state index contributed by atoms with van der Waals surface area (Å²) in [6.45, 7) is 1.49. The summed E-state index contributed by atoms with van der Waals surface area (Å²) < 4.78 is 0. The van der Waals surface area contributed by atoms with E-state index in [0.29, 0.717) is 0 Å². The van der Waals surface area contributed by atoms with Crippen LogP contribution in [0.25, 0.3) is 0 Å². The number of nitrogens with zero attached hydrogens (tertiary/aromatic N) is 1. The minimum atomic E-state index is 0.0810.